The van der Waals surface area contributed by atoms with E-state index in [4.69, 9.17) is 9.84 Å². The molecule has 8 heteroatoms. The molecular weight excluding hydrogens is 350 g/mol. The molecule has 0 saturated heterocycles. The van der Waals surface area contributed by atoms with Gasteiger partial charge in [0.15, 0.2) is 0 Å². The second-order valence-electron chi connectivity index (χ2n) is 4.16. The Labute approximate surface area is 126 Å². The molecule has 0 saturated carbocycles. The number of ether oxygens (including phenoxy) is 1. The summed E-state index contributed by atoms with van der Waals surface area (Å²) in [6.07, 6.45) is 0. The molecular formula is C12H16BrNO5S. The summed E-state index contributed by atoms with van der Waals surface area (Å²) in [5.74, 6) is -1.21. The van der Waals surface area contributed by atoms with Crippen molar-refractivity contribution in [2.75, 3.05) is 26.8 Å². The van der Waals surface area contributed by atoms with E-state index in [-0.39, 0.29) is 18.0 Å². The molecule has 1 aromatic rings. The number of benzene rings is 1. The van der Waals surface area contributed by atoms with E-state index >= 15 is 0 Å². The maximum absolute atomic E-state index is 12.5. The van der Waals surface area contributed by atoms with E-state index in [1.54, 1.807) is 12.1 Å². The third-order valence-electron chi connectivity index (χ3n) is 2.56. The van der Waals surface area contributed by atoms with Crippen LogP contribution in [0.4, 0.5) is 0 Å². The predicted molar refractivity (Wildman–Crippen MR) is 77.1 cm³/mol. The zero-order chi connectivity index (χ0) is 15.3. The van der Waals surface area contributed by atoms with E-state index in [0.29, 0.717) is 4.47 Å². The van der Waals surface area contributed by atoms with Crippen molar-refractivity contribution < 1.29 is 23.1 Å². The fraction of sp³-hybridized carbons (Fsp3) is 0.417. The number of aryl methyl sites for hydroxylation is 1. The Hall–Kier alpha value is -0.960. The van der Waals surface area contributed by atoms with Crippen LogP contribution in [0, 0.1) is 6.92 Å². The lowest BCUT2D eigenvalue weighted by Crippen LogP contribution is -2.38. The molecule has 0 unspecified atom stereocenters. The maximum atomic E-state index is 12.5. The highest BCUT2D eigenvalue weighted by atomic mass is 79.9. The summed E-state index contributed by atoms with van der Waals surface area (Å²) in [6, 6.07) is 4.78. The van der Waals surface area contributed by atoms with Crippen molar-refractivity contribution >= 4 is 31.9 Å². The number of hydrogen-bond acceptors (Lipinski definition) is 4. The summed E-state index contributed by atoms with van der Waals surface area (Å²) in [6.45, 7) is 1.33. The van der Waals surface area contributed by atoms with Gasteiger partial charge in [0.1, 0.15) is 6.54 Å². The van der Waals surface area contributed by atoms with Crippen LogP contribution in [0.2, 0.25) is 0 Å². The number of nitrogens with zero attached hydrogens (tertiary/aromatic N) is 1. The number of carbonyl (C=O) groups is 1. The first-order valence-corrected chi connectivity index (χ1v) is 7.99. The topological polar surface area (TPSA) is 83.9 Å². The minimum atomic E-state index is -3.89. The van der Waals surface area contributed by atoms with Gasteiger partial charge in [-0.25, -0.2) is 8.42 Å². The van der Waals surface area contributed by atoms with Crippen molar-refractivity contribution in [2.45, 2.75) is 11.8 Å². The Balaban J connectivity index is 3.17. The molecule has 1 rings (SSSR count). The molecule has 0 aliphatic heterocycles. The van der Waals surface area contributed by atoms with Crippen LogP contribution in [0.15, 0.2) is 27.6 Å². The number of hydrogen-bond donors (Lipinski definition) is 1. The quantitative estimate of drug-likeness (QED) is 0.790. The average Bonchev–Trinajstić information content (AvgIpc) is 2.33. The van der Waals surface area contributed by atoms with Gasteiger partial charge in [0, 0.05) is 18.1 Å². The van der Waals surface area contributed by atoms with Crippen molar-refractivity contribution in [1.29, 1.82) is 0 Å². The lowest BCUT2D eigenvalue weighted by molar-refractivity contribution is -0.137. The minimum absolute atomic E-state index is 0.0224. The zero-order valence-corrected chi connectivity index (χ0v) is 13.6. The molecule has 0 aliphatic rings. The first-order chi connectivity index (χ1) is 9.28. The highest BCUT2D eigenvalue weighted by Crippen LogP contribution is 2.26. The fourth-order valence-electron chi connectivity index (χ4n) is 1.58. The predicted octanol–water partition coefficient (Wildman–Crippen LogP) is 1.48. The summed E-state index contributed by atoms with van der Waals surface area (Å²) < 4.78 is 31.1. The third-order valence-corrected chi connectivity index (χ3v) is 5.38. The number of methoxy groups -OCH3 is 1. The second-order valence-corrected chi connectivity index (χ2v) is 6.92. The summed E-state index contributed by atoms with van der Waals surface area (Å²) in [7, 11) is -2.47. The van der Waals surface area contributed by atoms with E-state index in [0.717, 1.165) is 9.87 Å². The van der Waals surface area contributed by atoms with Gasteiger partial charge in [0.2, 0.25) is 10.0 Å². The van der Waals surface area contributed by atoms with Crippen LogP contribution in [-0.2, 0) is 19.6 Å². The third kappa shape index (κ3) is 4.27. The smallest absolute Gasteiger partial charge is 0.318 e. The van der Waals surface area contributed by atoms with Gasteiger partial charge in [-0.3, -0.25) is 4.79 Å². The number of rotatable bonds is 7. The summed E-state index contributed by atoms with van der Waals surface area (Å²) in [5, 5.41) is 8.85. The minimum Gasteiger partial charge on any atom is -0.480 e. The van der Waals surface area contributed by atoms with Crippen molar-refractivity contribution in [3.05, 3.63) is 28.2 Å². The summed E-state index contributed by atoms with van der Waals surface area (Å²) >= 11 is 3.20. The van der Waals surface area contributed by atoms with Crippen molar-refractivity contribution in [1.82, 2.24) is 4.31 Å². The second kappa shape index (κ2) is 7.16. The Bertz CT molecular complexity index is 588. The van der Waals surface area contributed by atoms with Gasteiger partial charge in [0.05, 0.1) is 11.5 Å². The fourth-order valence-corrected chi connectivity index (χ4v) is 4.11. The highest BCUT2D eigenvalue weighted by molar-refractivity contribution is 9.10. The van der Waals surface area contributed by atoms with E-state index in [1.807, 2.05) is 6.92 Å². The summed E-state index contributed by atoms with van der Waals surface area (Å²) in [5.41, 5.74) is 0.900. The van der Waals surface area contributed by atoms with Crippen molar-refractivity contribution in [3.8, 4) is 0 Å². The molecule has 20 heavy (non-hydrogen) atoms. The van der Waals surface area contributed by atoms with E-state index < -0.39 is 22.5 Å². The molecule has 1 aromatic carbocycles. The lowest BCUT2D eigenvalue weighted by Gasteiger charge is -2.20. The van der Waals surface area contributed by atoms with Gasteiger partial charge in [-0.05, 0) is 40.5 Å². The zero-order valence-electron chi connectivity index (χ0n) is 11.2. The van der Waals surface area contributed by atoms with Gasteiger partial charge in [-0.1, -0.05) is 6.07 Å². The van der Waals surface area contributed by atoms with Crippen molar-refractivity contribution in [2.24, 2.45) is 0 Å². The van der Waals surface area contributed by atoms with Crippen LogP contribution < -0.4 is 0 Å². The Morgan fingerprint density at radius 1 is 1.45 bits per heavy atom. The van der Waals surface area contributed by atoms with E-state index in [9.17, 15) is 13.2 Å². The molecule has 0 radical (unpaired) electrons. The van der Waals surface area contributed by atoms with Gasteiger partial charge in [-0.2, -0.15) is 4.31 Å². The normalized spacial score (nSPS) is 11.8. The monoisotopic (exact) mass is 365 g/mol. The first-order valence-electron chi connectivity index (χ1n) is 5.76. The van der Waals surface area contributed by atoms with Crippen LogP contribution in [0.3, 0.4) is 0 Å². The maximum Gasteiger partial charge on any atom is 0.318 e. The molecule has 112 valence electrons. The number of sulfonamides is 1. The average molecular weight is 366 g/mol. The van der Waals surface area contributed by atoms with Gasteiger partial charge >= 0.3 is 5.97 Å². The van der Waals surface area contributed by atoms with E-state index in [1.165, 1.54) is 13.2 Å². The molecule has 0 aromatic heterocycles. The van der Waals surface area contributed by atoms with Gasteiger partial charge in [-0.15, -0.1) is 0 Å². The molecule has 0 amide bonds. The first kappa shape index (κ1) is 17.1. The number of halogens is 1. The van der Waals surface area contributed by atoms with Crippen molar-refractivity contribution in [3.63, 3.8) is 0 Å². The largest absolute Gasteiger partial charge is 0.480 e. The summed E-state index contributed by atoms with van der Waals surface area (Å²) in [4.78, 5) is 10.9. The van der Waals surface area contributed by atoms with Crippen LogP contribution in [-0.4, -0.2) is 50.6 Å². The molecule has 0 heterocycles. The van der Waals surface area contributed by atoms with E-state index in [2.05, 4.69) is 15.9 Å². The van der Waals surface area contributed by atoms with Crippen LogP contribution in [0.1, 0.15) is 5.56 Å². The number of carboxylic acid groups (broad SMARTS) is 1. The number of carboxylic acids is 1. The number of aliphatic carboxylic acids is 1. The molecule has 0 atom stereocenters. The Morgan fingerprint density at radius 3 is 2.60 bits per heavy atom. The molecule has 1 N–H and O–H groups in total. The van der Waals surface area contributed by atoms with Gasteiger partial charge in [0.25, 0.3) is 0 Å². The van der Waals surface area contributed by atoms with Gasteiger partial charge < -0.3 is 9.84 Å². The molecule has 0 bridgehead atoms. The molecule has 6 nitrogen and oxygen atoms in total. The molecule has 0 fully saturated rings. The SMILES string of the molecule is COCCN(CC(=O)O)S(=O)(=O)c1ccc(C)cc1Br. The Kier molecular flexibility index (Phi) is 6.12. The standard InChI is InChI=1S/C12H16BrNO5S/c1-9-3-4-11(10(13)7-9)20(17,18)14(5-6-19-2)8-12(15)16/h3-4,7H,5-6,8H2,1-2H3,(H,15,16). The van der Waals surface area contributed by atoms with Crippen LogP contribution in [0.5, 0.6) is 0 Å². The van der Waals surface area contributed by atoms with Crippen LogP contribution >= 0.6 is 15.9 Å². The lowest BCUT2D eigenvalue weighted by atomic mass is 10.2. The molecule has 0 spiro atoms. The Morgan fingerprint density at radius 2 is 2.10 bits per heavy atom. The van der Waals surface area contributed by atoms with Crippen LogP contribution in [0.25, 0.3) is 0 Å². The molecule has 0 aliphatic carbocycles. The highest BCUT2D eigenvalue weighted by Gasteiger charge is 2.28.